The van der Waals surface area contributed by atoms with E-state index in [1.54, 1.807) is 0 Å². The zero-order chi connectivity index (χ0) is 32.4. The predicted octanol–water partition coefficient (Wildman–Crippen LogP) is -1.44. The molecule has 1 fully saturated rings. The van der Waals surface area contributed by atoms with Gasteiger partial charge in [-0.1, -0.05) is 12.5 Å². The Morgan fingerprint density at radius 3 is 2.40 bits per heavy atom. The lowest BCUT2D eigenvalue weighted by Gasteiger charge is -2.38. The summed E-state index contributed by atoms with van der Waals surface area (Å²) in [6.07, 6.45) is -6.70. The molecule has 16 nitrogen and oxygen atoms in total. The molecule has 2 aliphatic heterocycles. The van der Waals surface area contributed by atoms with Crippen molar-refractivity contribution in [3.05, 3.63) is 35.9 Å². The molecule has 0 spiro atoms. The van der Waals surface area contributed by atoms with Crippen LogP contribution in [0.3, 0.4) is 0 Å². The number of aliphatic hydroxyl groups excluding tert-OH is 3. The monoisotopic (exact) mass is 608 g/mol. The minimum absolute atomic E-state index is 0.0335. The Hall–Kier alpha value is -4.38. The molecular formula is C27H33N3O13. The summed E-state index contributed by atoms with van der Waals surface area (Å²) in [5.74, 6) is -3.40. The molecule has 1 aromatic rings. The summed E-state index contributed by atoms with van der Waals surface area (Å²) in [4.78, 5) is 71.3. The first-order valence-electron chi connectivity index (χ1n) is 13.8. The number of nitrogens with one attached hydrogen (secondary N) is 2. The summed E-state index contributed by atoms with van der Waals surface area (Å²) in [6, 6.07) is 3.99. The van der Waals surface area contributed by atoms with Crippen LogP contribution in [-0.4, -0.2) is 105 Å². The van der Waals surface area contributed by atoms with Crippen molar-refractivity contribution in [3.63, 3.8) is 0 Å². The van der Waals surface area contributed by atoms with E-state index in [1.165, 1.54) is 30.4 Å². The fourth-order valence-corrected chi connectivity index (χ4v) is 4.25. The lowest BCUT2D eigenvalue weighted by Crippen LogP contribution is -2.61. The van der Waals surface area contributed by atoms with Crippen molar-refractivity contribution in [3.8, 4) is 5.75 Å². The number of carbonyl (C=O) groups is 6. The first kappa shape index (κ1) is 31.6. The van der Waals surface area contributed by atoms with Gasteiger partial charge in [0.2, 0.25) is 18.1 Å². The second-order valence-corrected chi connectivity index (χ2v) is 9.68. The van der Waals surface area contributed by atoms with Gasteiger partial charge in [0.15, 0.2) is 7.47 Å². The first-order chi connectivity index (χ1) is 20.9. The zero-order valence-corrected chi connectivity index (χ0v) is 22.8. The first-order valence-corrected chi connectivity index (χ1v) is 13.3. The minimum atomic E-state index is -1.94. The summed E-state index contributed by atoms with van der Waals surface area (Å²) in [7, 11) is 0. The van der Waals surface area contributed by atoms with Gasteiger partial charge in [0.25, 0.3) is 18.3 Å². The molecule has 0 aromatic heterocycles. The summed E-state index contributed by atoms with van der Waals surface area (Å²) >= 11 is 0. The topological polar surface area (TPSA) is 238 Å². The van der Waals surface area contributed by atoms with Crippen molar-refractivity contribution in [1.82, 2.24) is 10.2 Å². The van der Waals surface area contributed by atoms with Gasteiger partial charge < -0.3 is 45.3 Å². The van der Waals surface area contributed by atoms with Gasteiger partial charge in [-0.05, 0) is 30.5 Å². The highest BCUT2D eigenvalue weighted by Crippen LogP contribution is 2.31. The van der Waals surface area contributed by atoms with Gasteiger partial charge in [0.1, 0.15) is 30.7 Å². The molecule has 0 aliphatic carbocycles. The zero-order valence-electron chi connectivity index (χ0n) is 23.8. The summed E-state index contributed by atoms with van der Waals surface area (Å²) < 4.78 is 22.2. The number of hydrogen-bond acceptors (Lipinski definition) is 12. The maximum absolute atomic E-state index is 12.7. The van der Waals surface area contributed by atoms with Crippen molar-refractivity contribution in [2.45, 2.75) is 69.4 Å². The number of carboxylic acids is 1. The molecule has 0 saturated carbocycles. The number of unbranched alkanes of at least 4 members (excludes halogenated alkanes) is 2. The van der Waals surface area contributed by atoms with Gasteiger partial charge >= 0.3 is 5.97 Å². The number of aliphatic carboxylic acids is 1. The highest BCUT2D eigenvalue weighted by atomic mass is 16.7. The van der Waals surface area contributed by atoms with Crippen LogP contribution in [0.1, 0.15) is 39.0 Å². The maximum Gasteiger partial charge on any atom is 0.335 e. The Balaban J connectivity index is 1.52. The van der Waals surface area contributed by atoms with Crippen LogP contribution in [0.5, 0.6) is 5.75 Å². The molecule has 6 N–H and O–H groups in total. The summed E-state index contributed by atoms with van der Waals surface area (Å²) in [5.41, 5.74) is 0.286. The molecular weight excluding hydrogens is 574 g/mol. The Morgan fingerprint density at radius 2 is 1.72 bits per heavy atom. The van der Waals surface area contributed by atoms with Crippen LogP contribution in [0, 0.1) is 0 Å². The maximum atomic E-state index is 12.7. The molecule has 0 radical (unpaired) electrons. The van der Waals surface area contributed by atoms with E-state index in [0.717, 1.165) is 4.90 Å². The van der Waals surface area contributed by atoms with Crippen LogP contribution in [0.4, 0.5) is 5.69 Å². The number of benzene rings is 1. The summed E-state index contributed by atoms with van der Waals surface area (Å²) in [6.45, 7) is -0.106. The average Bonchev–Trinajstić information content (AvgIpc) is 3.29. The SMILES string of the molecule is [2H]C(=O)OCc1ccc(OC2OC(C(=O)O)C(O)[C@H](O)[C@@H]2O)c(NC(=O)CCNC(=O)CCCCCN2C(=O)C=CC2=O)c1. The number of nitrogens with zero attached hydrogens (tertiary/aromatic N) is 1. The molecule has 43 heavy (non-hydrogen) atoms. The highest BCUT2D eigenvalue weighted by molar-refractivity contribution is 6.12. The number of amides is 4. The Labute approximate surface area is 246 Å². The lowest BCUT2D eigenvalue weighted by atomic mass is 9.99. The predicted molar refractivity (Wildman–Crippen MR) is 143 cm³/mol. The van der Waals surface area contributed by atoms with Crippen LogP contribution in [0.25, 0.3) is 0 Å². The number of ether oxygens (including phenoxy) is 3. The number of rotatable bonds is 15. The van der Waals surface area contributed by atoms with E-state index in [1.807, 2.05) is 0 Å². The molecule has 16 heteroatoms. The normalized spacial score (nSPS) is 23.5. The van der Waals surface area contributed by atoms with Gasteiger partial charge in [-0.3, -0.25) is 28.9 Å². The fourth-order valence-electron chi connectivity index (χ4n) is 4.25. The number of aliphatic hydroxyl groups is 3. The molecule has 3 rings (SSSR count). The van der Waals surface area contributed by atoms with E-state index in [0.29, 0.717) is 24.8 Å². The van der Waals surface area contributed by atoms with Gasteiger partial charge in [-0.25, -0.2) is 4.79 Å². The largest absolute Gasteiger partial charge is 0.479 e. The fraction of sp³-hybridized carbons (Fsp3) is 0.481. The third-order valence-electron chi connectivity index (χ3n) is 6.53. The lowest BCUT2D eigenvalue weighted by molar-refractivity contribution is -0.271. The molecule has 1 saturated heterocycles. The number of carboxylic acid groups (broad SMARTS) is 1. The number of hydrogen-bond donors (Lipinski definition) is 6. The molecule has 2 aliphatic rings. The van der Waals surface area contributed by atoms with Gasteiger partial charge in [0, 0.05) is 38.1 Å². The van der Waals surface area contributed by atoms with Crippen molar-refractivity contribution in [2.75, 3.05) is 18.4 Å². The van der Waals surface area contributed by atoms with E-state index >= 15 is 0 Å². The van der Waals surface area contributed by atoms with Crippen molar-refractivity contribution in [2.24, 2.45) is 0 Å². The Kier molecular flexibility index (Phi) is 11.5. The van der Waals surface area contributed by atoms with E-state index in [-0.39, 0.29) is 61.7 Å². The van der Waals surface area contributed by atoms with E-state index in [9.17, 15) is 49.2 Å². The second kappa shape index (κ2) is 15.7. The third-order valence-corrected chi connectivity index (χ3v) is 6.53. The number of carbonyl (C=O) groups excluding carboxylic acids is 5. The molecule has 4 amide bonds. The smallest absolute Gasteiger partial charge is 0.335 e. The number of anilines is 1. The van der Waals surface area contributed by atoms with Crippen LogP contribution >= 0.6 is 0 Å². The molecule has 5 atom stereocenters. The van der Waals surface area contributed by atoms with Gasteiger partial charge in [-0.15, -0.1) is 0 Å². The van der Waals surface area contributed by atoms with E-state index in [4.69, 9.17) is 10.8 Å². The van der Waals surface area contributed by atoms with Gasteiger partial charge in [-0.2, -0.15) is 0 Å². The molecule has 2 heterocycles. The van der Waals surface area contributed by atoms with Crippen LogP contribution in [-0.2, 0) is 44.8 Å². The summed E-state index contributed by atoms with van der Waals surface area (Å²) in [5, 5.41) is 44.6. The second-order valence-electron chi connectivity index (χ2n) is 9.68. The van der Waals surface area contributed by atoms with Gasteiger partial charge in [0.05, 0.1) is 5.69 Å². The highest BCUT2D eigenvalue weighted by Gasteiger charge is 2.48. The average molecular weight is 609 g/mol. The molecule has 3 unspecified atom stereocenters. The molecule has 1 aromatic carbocycles. The molecule has 0 bridgehead atoms. The third kappa shape index (κ3) is 9.31. The number of imide groups is 1. The van der Waals surface area contributed by atoms with E-state index in [2.05, 4.69) is 15.4 Å². The standard InChI is InChI=1S/C27H33N3O13/c31-14-41-13-15-5-6-17(42-27-24(38)22(36)23(37)25(43-27)26(39)40)16(12-15)29-19(33)9-10-28-18(32)4-2-1-3-11-30-20(34)7-8-21(30)35/h5-8,12,14,22-25,27,36-38H,1-4,9-11,13H2,(H,28,32)(H,29,33)(H,39,40)/t22-,23?,24-,25?,27?/m0/s1/i14D. The van der Waals surface area contributed by atoms with Crippen LogP contribution in [0.2, 0.25) is 0 Å². The van der Waals surface area contributed by atoms with Crippen LogP contribution in [0.15, 0.2) is 30.4 Å². The molecule has 234 valence electrons. The van der Waals surface area contributed by atoms with Crippen molar-refractivity contribution >= 4 is 41.7 Å². The van der Waals surface area contributed by atoms with Crippen molar-refractivity contribution in [1.29, 1.82) is 0 Å². The quantitative estimate of drug-likeness (QED) is 0.0761. The minimum Gasteiger partial charge on any atom is -0.479 e. The van der Waals surface area contributed by atoms with Crippen LogP contribution < -0.4 is 15.4 Å². The van der Waals surface area contributed by atoms with E-state index < -0.39 is 49.0 Å². The Morgan fingerprint density at radius 1 is 1.00 bits per heavy atom. The Bertz CT molecular complexity index is 1270. The van der Waals surface area contributed by atoms with Crippen molar-refractivity contribution < 1.29 is 64.8 Å².